The molecule has 0 aliphatic carbocycles. The SMILES string of the molecule is C[C@H](OC(=O)c1ccco1)C(=O)Nc1ccccc1[N+](=O)[O-]. The first kappa shape index (κ1) is 15.2. The van der Waals surface area contributed by atoms with Crippen molar-refractivity contribution in [3.63, 3.8) is 0 Å². The molecule has 1 atom stereocenters. The Morgan fingerprint density at radius 1 is 1.27 bits per heavy atom. The molecule has 0 aliphatic rings. The van der Waals surface area contributed by atoms with Crippen molar-refractivity contribution in [1.29, 1.82) is 0 Å². The molecule has 0 fully saturated rings. The van der Waals surface area contributed by atoms with Crippen LogP contribution in [0.3, 0.4) is 0 Å². The molecule has 2 aromatic rings. The van der Waals surface area contributed by atoms with Gasteiger partial charge in [0, 0.05) is 6.07 Å². The number of anilines is 1. The third-order valence-electron chi connectivity index (χ3n) is 2.73. The Morgan fingerprint density at radius 2 is 2.00 bits per heavy atom. The maximum Gasteiger partial charge on any atom is 0.374 e. The number of esters is 1. The van der Waals surface area contributed by atoms with Gasteiger partial charge < -0.3 is 14.5 Å². The van der Waals surface area contributed by atoms with Crippen LogP contribution < -0.4 is 5.32 Å². The highest BCUT2D eigenvalue weighted by Gasteiger charge is 2.23. The molecule has 0 saturated carbocycles. The summed E-state index contributed by atoms with van der Waals surface area (Å²) in [6, 6.07) is 8.58. The molecule has 1 heterocycles. The lowest BCUT2D eigenvalue weighted by molar-refractivity contribution is -0.383. The van der Waals surface area contributed by atoms with Gasteiger partial charge in [0.1, 0.15) is 5.69 Å². The number of nitrogens with one attached hydrogen (secondary N) is 1. The van der Waals surface area contributed by atoms with Crippen molar-refractivity contribution in [3.05, 3.63) is 58.5 Å². The molecule has 1 amide bonds. The summed E-state index contributed by atoms with van der Waals surface area (Å²) in [5, 5.41) is 13.2. The summed E-state index contributed by atoms with van der Waals surface area (Å²) in [5.41, 5.74) is -0.223. The van der Waals surface area contributed by atoms with Gasteiger partial charge in [0.2, 0.25) is 5.76 Å². The molecule has 114 valence electrons. The Morgan fingerprint density at radius 3 is 2.64 bits per heavy atom. The van der Waals surface area contributed by atoms with Gasteiger partial charge in [-0.15, -0.1) is 0 Å². The van der Waals surface area contributed by atoms with E-state index in [1.807, 2.05) is 0 Å². The molecule has 1 aromatic heterocycles. The van der Waals surface area contributed by atoms with Gasteiger partial charge in [0.25, 0.3) is 11.6 Å². The molecule has 1 N–H and O–H groups in total. The van der Waals surface area contributed by atoms with Crippen LogP contribution in [0.5, 0.6) is 0 Å². The Labute approximate surface area is 124 Å². The van der Waals surface area contributed by atoms with Gasteiger partial charge in [0.15, 0.2) is 6.10 Å². The van der Waals surface area contributed by atoms with E-state index in [-0.39, 0.29) is 17.1 Å². The number of ether oxygens (including phenoxy) is 1. The molecule has 0 spiro atoms. The monoisotopic (exact) mass is 304 g/mol. The van der Waals surface area contributed by atoms with Crippen LogP contribution in [0.4, 0.5) is 11.4 Å². The van der Waals surface area contributed by atoms with Crippen molar-refractivity contribution in [3.8, 4) is 0 Å². The topological polar surface area (TPSA) is 112 Å². The fourth-order valence-corrected chi connectivity index (χ4v) is 1.64. The minimum Gasteiger partial charge on any atom is -0.457 e. The normalized spacial score (nSPS) is 11.5. The van der Waals surface area contributed by atoms with E-state index in [9.17, 15) is 19.7 Å². The van der Waals surface area contributed by atoms with E-state index in [0.717, 1.165) is 0 Å². The number of rotatable bonds is 5. The maximum absolute atomic E-state index is 12.0. The number of nitro groups is 1. The van der Waals surface area contributed by atoms with Crippen LogP contribution in [-0.2, 0) is 9.53 Å². The first-order valence-corrected chi connectivity index (χ1v) is 6.28. The van der Waals surface area contributed by atoms with Crippen LogP contribution >= 0.6 is 0 Å². The van der Waals surface area contributed by atoms with Crippen LogP contribution in [0.15, 0.2) is 47.1 Å². The lowest BCUT2D eigenvalue weighted by Gasteiger charge is -2.12. The number of hydrogen-bond acceptors (Lipinski definition) is 6. The zero-order chi connectivity index (χ0) is 16.1. The van der Waals surface area contributed by atoms with Crippen molar-refractivity contribution >= 4 is 23.3 Å². The second-order valence-corrected chi connectivity index (χ2v) is 4.29. The van der Waals surface area contributed by atoms with Gasteiger partial charge >= 0.3 is 5.97 Å². The number of nitro benzene ring substituents is 1. The van der Waals surface area contributed by atoms with Gasteiger partial charge in [-0.1, -0.05) is 12.1 Å². The largest absolute Gasteiger partial charge is 0.457 e. The van der Waals surface area contributed by atoms with E-state index in [1.54, 1.807) is 6.07 Å². The van der Waals surface area contributed by atoms with Gasteiger partial charge in [-0.2, -0.15) is 0 Å². The predicted molar refractivity (Wildman–Crippen MR) is 75.3 cm³/mol. The molecule has 1 aromatic carbocycles. The van der Waals surface area contributed by atoms with Gasteiger partial charge in [-0.3, -0.25) is 14.9 Å². The van der Waals surface area contributed by atoms with E-state index in [1.165, 1.54) is 43.5 Å². The maximum atomic E-state index is 12.0. The summed E-state index contributed by atoms with van der Waals surface area (Å²) in [4.78, 5) is 33.8. The van der Waals surface area contributed by atoms with Crippen LogP contribution in [0.2, 0.25) is 0 Å². The smallest absolute Gasteiger partial charge is 0.374 e. The minimum absolute atomic E-state index is 0.0263. The molecular formula is C14H12N2O6. The lowest BCUT2D eigenvalue weighted by atomic mass is 10.2. The third kappa shape index (κ3) is 3.48. The Kier molecular flexibility index (Phi) is 4.52. The standard InChI is InChI=1S/C14H12N2O6/c1-9(22-14(18)12-7-4-8-21-12)13(17)15-10-5-2-3-6-11(10)16(19)20/h2-9H,1H3,(H,15,17)/t9-/m0/s1. The van der Waals surface area contributed by atoms with E-state index in [4.69, 9.17) is 9.15 Å². The molecule has 0 saturated heterocycles. The van der Waals surface area contributed by atoms with Crippen LogP contribution in [0.25, 0.3) is 0 Å². The van der Waals surface area contributed by atoms with E-state index in [2.05, 4.69) is 5.32 Å². The molecule has 0 radical (unpaired) electrons. The summed E-state index contributed by atoms with van der Waals surface area (Å²) >= 11 is 0. The summed E-state index contributed by atoms with van der Waals surface area (Å²) < 4.78 is 9.76. The molecule has 2 rings (SSSR count). The lowest BCUT2D eigenvalue weighted by Crippen LogP contribution is -2.30. The third-order valence-corrected chi connectivity index (χ3v) is 2.73. The van der Waals surface area contributed by atoms with Crippen LogP contribution in [0, 0.1) is 10.1 Å². The number of amides is 1. The fourth-order valence-electron chi connectivity index (χ4n) is 1.64. The van der Waals surface area contributed by atoms with E-state index in [0.29, 0.717) is 0 Å². The molecule has 22 heavy (non-hydrogen) atoms. The quantitative estimate of drug-likeness (QED) is 0.515. The zero-order valence-corrected chi connectivity index (χ0v) is 11.5. The van der Waals surface area contributed by atoms with Crippen molar-refractivity contribution in [2.75, 3.05) is 5.32 Å². The number of furan rings is 1. The number of carbonyl (C=O) groups is 2. The van der Waals surface area contributed by atoms with Crippen molar-refractivity contribution < 1.29 is 23.7 Å². The van der Waals surface area contributed by atoms with Crippen LogP contribution in [0.1, 0.15) is 17.5 Å². The highest BCUT2D eigenvalue weighted by Crippen LogP contribution is 2.23. The average molecular weight is 304 g/mol. The highest BCUT2D eigenvalue weighted by molar-refractivity contribution is 5.98. The number of nitrogens with zero attached hydrogens (tertiary/aromatic N) is 1. The van der Waals surface area contributed by atoms with Gasteiger partial charge in [0.05, 0.1) is 11.2 Å². The Bertz CT molecular complexity index is 695. The Hall–Kier alpha value is -3.16. The van der Waals surface area contributed by atoms with E-state index < -0.39 is 22.9 Å². The number of hydrogen-bond donors (Lipinski definition) is 1. The molecule has 0 bridgehead atoms. The second kappa shape index (κ2) is 6.53. The fraction of sp³-hybridized carbons (Fsp3) is 0.143. The number of para-hydroxylation sites is 2. The van der Waals surface area contributed by atoms with E-state index >= 15 is 0 Å². The summed E-state index contributed by atoms with van der Waals surface area (Å²) in [6.07, 6.45) is 0.159. The molecule has 8 nitrogen and oxygen atoms in total. The van der Waals surface area contributed by atoms with Crippen molar-refractivity contribution in [2.24, 2.45) is 0 Å². The molecule has 0 unspecified atom stereocenters. The highest BCUT2D eigenvalue weighted by atomic mass is 16.6. The number of carbonyl (C=O) groups excluding carboxylic acids is 2. The van der Waals surface area contributed by atoms with Crippen molar-refractivity contribution in [1.82, 2.24) is 0 Å². The average Bonchev–Trinajstić information content (AvgIpc) is 3.01. The summed E-state index contributed by atoms with van der Waals surface area (Å²) in [6.45, 7) is 1.35. The summed E-state index contributed by atoms with van der Waals surface area (Å²) in [5.74, 6) is -1.52. The predicted octanol–water partition coefficient (Wildman–Crippen LogP) is 2.37. The number of benzene rings is 1. The minimum atomic E-state index is -1.14. The molecular weight excluding hydrogens is 292 g/mol. The Balaban J connectivity index is 2.03. The van der Waals surface area contributed by atoms with Gasteiger partial charge in [-0.05, 0) is 25.1 Å². The second-order valence-electron chi connectivity index (χ2n) is 4.29. The zero-order valence-electron chi connectivity index (χ0n) is 11.5. The van der Waals surface area contributed by atoms with Crippen LogP contribution in [-0.4, -0.2) is 22.9 Å². The molecule has 8 heteroatoms. The first-order chi connectivity index (χ1) is 10.5. The molecule has 0 aliphatic heterocycles. The summed E-state index contributed by atoms with van der Waals surface area (Å²) in [7, 11) is 0. The first-order valence-electron chi connectivity index (χ1n) is 6.28. The van der Waals surface area contributed by atoms with Gasteiger partial charge in [-0.25, -0.2) is 4.79 Å². The van der Waals surface area contributed by atoms with Crippen molar-refractivity contribution in [2.45, 2.75) is 13.0 Å².